The van der Waals surface area contributed by atoms with Gasteiger partial charge in [-0.1, -0.05) is 13.8 Å². The van der Waals surface area contributed by atoms with Gasteiger partial charge >= 0.3 is 6.09 Å². The molecule has 0 aromatic heterocycles. The number of hydrogen-bond acceptors (Lipinski definition) is 4. The Bertz CT molecular complexity index is 376. The van der Waals surface area contributed by atoms with E-state index >= 15 is 0 Å². The Morgan fingerprint density at radius 1 is 1.38 bits per heavy atom. The first-order valence-electron chi connectivity index (χ1n) is 7.55. The molecule has 6 nitrogen and oxygen atoms in total. The molecule has 2 N–H and O–H groups in total. The Morgan fingerprint density at radius 3 is 2.43 bits per heavy atom. The predicted molar refractivity (Wildman–Crippen MR) is 79.8 cm³/mol. The fraction of sp³-hybridized carbons (Fsp3) is 0.867. The minimum absolute atomic E-state index is 0.147. The van der Waals surface area contributed by atoms with Gasteiger partial charge in [0.25, 0.3) is 0 Å². The van der Waals surface area contributed by atoms with Gasteiger partial charge < -0.3 is 20.1 Å². The van der Waals surface area contributed by atoms with Gasteiger partial charge in [-0.3, -0.25) is 4.79 Å². The number of carbonyl (C=O) groups is 2. The number of nitrogens with one attached hydrogen (secondary N) is 1. The third-order valence-electron chi connectivity index (χ3n) is 3.17. The summed E-state index contributed by atoms with van der Waals surface area (Å²) in [6, 6.07) is -0.606. The lowest BCUT2D eigenvalue weighted by atomic mass is 10.0. The minimum atomic E-state index is -0.606. The number of hydrogen-bond donors (Lipinski definition) is 2. The minimum Gasteiger partial charge on any atom is -0.444 e. The molecule has 6 heteroatoms. The zero-order chi connectivity index (χ0) is 16.2. The highest BCUT2D eigenvalue weighted by molar-refractivity contribution is 5.86. The molecule has 1 unspecified atom stereocenters. The highest BCUT2D eigenvalue weighted by Crippen LogP contribution is 2.15. The Morgan fingerprint density at radius 2 is 2.00 bits per heavy atom. The largest absolute Gasteiger partial charge is 0.444 e. The second-order valence-corrected chi connectivity index (χ2v) is 7.06. The fourth-order valence-electron chi connectivity index (χ4n) is 2.31. The maximum absolute atomic E-state index is 12.5. The van der Waals surface area contributed by atoms with Crippen LogP contribution in [0.5, 0.6) is 0 Å². The number of likely N-dealkylation sites (tertiary alicyclic amines) is 1. The summed E-state index contributed by atoms with van der Waals surface area (Å²) < 4.78 is 5.21. The molecule has 1 fully saturated rings. The number of rotatable bonds is 4. The quantitative estimate of drug-likeness (QED) is 0.825. The van der Waals surface area contributed by atoms with Crippen molar-refractivity contribution in [3.8, 4) is 0 Å². The summed E-state index contributed by atoms with van der Waals surface area (Å²) in [5.41, 5.74) is -0.598. The van der Waals surface area contributed by atoms with Crippen LogP contribution in [0.25, 0.3) is 0 Å². The van der Waals surface area contributed by atoms with Crippen molar-refractivity contribution < 1.29 is 19.4 Å². The molecule has 1 saturated heterocycles. The van der Waals surface area contributed by atoms with Crippen molar-refractivity contribution >= 4 is 12.0 Å². The van der Waals surface area contributed by atoms with Crippen molar-refractivity contribution in [2.75, 3.05) is 13.1 Å². The van der Waals surface area contributed by atoms with Gasteiger partial charge in [-0.05, 0) is 39.5 Å². The molecule has 0 aromatic rings. The molecule has 0 saturated carbocycles. The number of carbonyl (C=O) groups excluding carboxylic acids is 2. The lowest BCUT2D eigenvalue weighted by molar-refractivity contribution is -0.133. The summed E-state index contributed by atoms with van der Waals surface area (Å²) in [5, 5.41) is 12.2. The van der Waals surface area contributed by atoms with E-state index in [1.54, 1.807) is 25.7 Å². The number of alkyl carbamates (subject to hydrolysis) is 1. The van der Waals surface area contributed by atoms with Crippen molar-refractivity contribution in [2.24, 2.45) is 5.92 Å². The SMILES string of the molecule is CC(C)C[C@H](NC(=O)OC(C)(C)C)C(=O)N1CCC(O)C1. The van der Waals surface area contributed by atoms with Crippen LogP contribution in [-0.2, 0) is 9.53 Å². The summed E-state index contributed by atoms with van der Waals surface area (Å²) in [6.45, 7) is 10.2. The van der Waals surface area contributed by atoms with Gasteiger partial charge in [0.1, 0.15) is 11.6 Å². The Labute approximate surface area is 126 Å². The topological polar surface area (TPSA) is 78.9 Å². The number of β-amino-alcohol motifs (C(OH)–C–C–N with tert-alkyl or cyclic N) is 1. The van der Waals surface area contributed by atoms with E-state index in [4.69, 9.17) is 4.74 Å². The van der Waals surface area contributed by atoms with Gasteiger partial charge in [0.2, 0.25) is 5.91 Å². The van der Waals surface area contributed by atoms with Crippen molar-refractivity contribution in [2.45, 2.75) is 65.2 Å². The average Bonchev–Trinajstić information content (AvgIpc) is 2.70. The second kappa shape index (κ2) is 7.11. The van der Waals surface area contributed by atoms with Crippen molar-refractivity contribution in [1.29, 1.82) is 0 Å². The molecule has 1 aliphatic rings. The van der Waals surface area contributed by atoms with Crippen LogP contribution in [0.2, 0.25) is 0 Å². The number of aliphatic hydroxyl groups excluding tert-OH is 1. The van der Waals surface area contributed by atoms with Crippen LogP contribution in [0.4, 0.5) is 4.79 Å². The van der Waals surface area contributed by atoms with Gasteiger partial charge in [0.05, 0.1) is 6.10 Å². The summed E-state index contributed by atoms with van der Waals surface area (Å²) in [6.07, 6.45) is 0.0912. The number of nitrogens with zero attached hydrogens (tertiary/aromatic N) is 1. The van der Waals surface area contributed by atoms with E-state index in [0.29, 0.717) is 25.9 Å². The zero-order valence-corrected chi connectivity index (χ0v) is 13.7. The maximum atomic E-state index is 12.5. The molecule has 122 valence electrons. The van der Waals surface area contributed by atoms with Crippen LogP contribution in [0.1, 0.15) is 47.5 Å². The summed E-state index contributed by atoms with van der Waals surface area (Å²) in [4.78, 5) is 26.0. The van der Waals surface area contributed by atoms with Crippen molar-refractivity contribution in [3.63, 3.8) is 0 Å². The number of aliphatic hydroxyl groups is 1. The molecule has 0 bridgehead atoms. The number of amides is 2. The van der Waals surface area contributed by atoms with Gasteiger partial charge in [0, 0.05) is 13.1 Å². The lowest BCUT2D eigenvalue weighted by Gasteiger charge is -2.27. The first-order chi connectivity index (χ1) is 9.58. The van der Waals surface area contributed by atoms with E-state index in [-0.39, 0.29) is 11.8 Å². The van der Waals surface area contributed by atoms with Crippen LogP contribution in [0.15, 0.2) is 0 Å². The molecule has 1 rings (SSSR count). The van der Waals surface area contributed by atoms with Crippen molar-refractivity contribution in [3.05, 3.63) is 0 Å². The molecule has 0 spiro atoms. The van der Waals surface area contributed by atoms with Crippen LogP contribution in [-0.4, -0.2) is 52.8 Å². The molecule has 1 heterocycles. The lowest BCUT2D eigenvalue weighted by Crippen LogP contribution is -2.49. The molecular formula is C15H28N2O4. The van der Waals surface area contributed by atoms with E-state index in [1.807, 2.05) is 13.8 Å². The van der Waals surface area contributed by atoms with Crippen molar-refractivity contribution in [1.82, 2.24) is 10.2 Å². The van der Waals surface area contributed by atoms with Crippen LogP contribution < -0.4 is 5.32 Å². The van der Waals surface area contributed by atoms with Crippen LogP contribution >= 0.6 is 0 Å². The molecule has 0 aliphatic carbocycles. The molecule has 2 amide bonds. The highest BCUT2D eigenvalue weighted by Gasteiger charge is 2.32. The second-order valence-electron chi connectivity index (χ2n) is 7.06. The molecule has 1 aliphatic heterocycles. The molecule has 0 aromatic carbocycles. The summed E-state index contributed by atoms with van der Waals surface area (Å²) in [7, 11) is 0. The molecule has 21 heavy (non-hydrogen) atoms. The summed E-state index contributed by atoms with van der Waals surface area (Å²) in [5.74, 6) is 0.118. The standard InChI is InChI=1S/C15H28N2O4/c1-10(2)8-12(16-14(20)21-15(3,4)5)13(19)17-7-6-11(18)9-17/h10-12,18H,6-9H2,1-5H3,(H,16,20)/t11?,12-/m0/s1. The Hall–Kier alpha value is -1.30. The maximum Gasteiger partial charge on any atom is 0.408 e. The first kappa shape index (κ1) is 17.8. The van der Waals surface area contributed by atoms with E-state index in [1.165, 1.54) is 0 Å². The van der Waals surface area contributed by atoms with E-state index in [9.17, 15) is 14.7 Å². The first-order valence-corrected chi connectivity index (χ1v) is 7.55. The van der Waals surface area contributed by atoms with Gasteiger partial charge in [0.15, 0.2) is 0 Å². The normalized spacial score (nSPS) is 20.5. The summed E-state index contributed by atoms with van der Waals surface area (Å²) >= 11 is 0. The molecular weight excluding hydrogens is 272 g/mol. The third kappa shape index (κ3) is 6.33. The van der Waals surface area contributed by atoms with Crippen LogP contribution in [0, 0.1) is 5.92 Å². The zero-order valence-electron chi connectivity index (χ0n) is 13.7. The average molecular weight is 300 g/mol. The molecule has 0 radical (unpaired) electrons. The Balaban J connectivity index is 2.67. The van der Waals surface area contributed by atoms with Gasteiger partial charge in [-0.2, -0.15) is 0 Å². The Kier molecular flexibility index (Phi) is 6.01. The van der Waals surface area contributed by atoms with E-state index < -0.39 is 23.8 Å². The smallest absolute Gasteiger partial charge is 0.408 e. The number of ether oxygens (including phenoxy) is 1. The van der Waals surface area contributed by atoms with E-state index in [2.05, 4.69) is 5.32 Å². The van der Waals surface area contributed by atoms with Crippen LogP contribution in [0.3, 0.4) is 0 Å². The predicted octanol–water partition coefficient (Wildman–Crippen LogP) is 1.52. The van der Waals surface area contributed by atoms with Gasteiger partial charge in [-0.15, -0.1) is 0 Å². The van der Waals surface area contributed by atoms with Gasteiger partial charge in [-0.25, -0.2) is 4.79 Å². The monoisotopic (exact) mass is 300 g/mol. The third-order valence-corrected chi connectivity index (χ3v) is 3.17. The van der Waals surface area contributed by atoms with E-state index in [0.717, 1.165) is 0 Å². The highest BCUT2D eigenvalue weighted by atomic mass is 16.6. The fourth-order valence-corrected chi connectivity index (χ4v) is 2.31. The molecule has 2 atom stereocenters.